The maximum absolute atomic E-state index is 13.2. The van der Waals surface area contributed by atoms with E-state index in [1.165, 1.54) is 28.8 Å². The molecule has 2 aromatic carbocycles. The topological polar surface area (TPSA) is 71.0 Å². The first-order valence-corrected chi connectivity index (χ1v) is 10.1. The third-order valence-electron chi connectivity index (χ3n) is 4.33. The molecule has 3 rings (SSSR count). The van der Waals surface area contributed by atoms with Crippen LogP contribution < -0.4 is 10.1 Å². The maximum atomic E-state index is 13.2. The summed E-state index contributed by atoms with van der Waals surface area (Å²) in [6.45, 7) is 2.58. The summed E-state index contributed by atoms with van der Waals surface area (Å²) in [6.07, 6.45) is 0.0827. The first kappa shape index (κ1) is 20.9. The molecule has 0 saturated carbocycles. The van der Waals surface area contributed by atoms with E-state index in [1.807, 2.05) is 6.92 Å². The van der Waals surface area contributed by atoms with Crippen molar-refractivity contribution in [2.75, 3.05) is 13.7 Å². The van der Waals surface area contributed by atoms with Crippen LogP contribution in [0.2, 0.25) is 0 Å². The fourth-order valence-corrected chi connectivity index (χ4v) is 3.95. The molecular weight excluding hydrogens is 393 g/mol. The molecule has 2 aromatic rings. The molecule has 0 aliphatic carbocycles. The van der Waals surface area contributed by atoms with Crippen molar-refractivity contribution in [2.45, 2.75) is 25.1 Å². The highest BCUT2D eigenvalue weighted by Crippen LogP contribution is 2.30. The minimum absolute atomic E-state index is 0.0827. The second-order valence-electron chi connectivity index (χ2n) is 6.40. The molecule has 8 heteroatoms. The van der Waals surface area contributed by atoms with E-state index in [0.29, 0.717) is 23.1 Å². The Kier molecular flexibility index (Phi) is 6.87. The zero-order chi connectivity index (χ0) is 20.8. The van der Waals surface area contributed by atoms with E-state index in [2.05, 4.69) is 10.3 Å². The third-order valence-corrected chi connectivity index (χ3v) is 5.52. The summed E-state index contributed by atoms with van der Waals surface area (Å²) in [7, 11) is 1.58. The van der Waals surface area contributed by atoms with Crippen LogP contribution >= 0.6 is 11.8 Å². The van der Waals surface area contributed by atoms with E-state index in [4.69, 9.17) is 4.74 Å². The van der Waals surface area contributed by atoms with Crippen LogP contribution in [0, 0.1) is 5.82 Å². The average Bonchev–Trinajstić information content (AvgIpc) is 2.72. The Morgan fingerprint density at radius 2 is 1.93 bits per heavy atom. The Balaban J connectivity index is 1.90. The second-order valence-corrected chi connectivity index (χ2v) is 7.57. The predicted octanol–water partition coefficient (Wildman–Crippen LogP) is 3.49. The van der Waals surface area contributed by atoms with Crippen LogP contribution in [-0.4, -0.2) is 40.8 Å². The van der Waals surface area contributed by atoms with E-state index in [1.54, 1.807) is 43.5 Å². The van der Waals surface area contributed by atoms with Crippen LogP contribution in [0.3, 0.4) is 0 Å². The molecule has 1 fully saturated rings. The number of benzene rings is 2. The zero-order valence-electron chi connectivity index (χ0n) is 16.2. The van der Waals surface area contributed by atoms with E-state index >= 15 is 0 Å². The van der Waals surface area contributed by atoms with Gasteiger partial charge in [-0.3, -0.25) is 14.5 Å². The van der Waals surface area contributed by atoms with Gasteiger partial charge in [0.15, 0.2) is 5.17 Å². The van der Waals surface area contributed by atoms with E-state index in [-0.39, 0.29) is 30.6 Å². The number of halogens is 1. The Morgan fingerprint density at radius 3 is 2.55 bits per heavy atom. The van der Waals surface area contributed by atoms with Gasteiger partial charge in [-0.15, -0.1) is 0 Å². The molecule has 1 saturated heterocycles. The predicted molar refractivity (Wildman–Crippen MR) is 112 cm³/mol. The number of hydrogen-bond donors (Lipinski definition) is 1. The number of nitrogens with zero attached hydrogens (tertiary/aromatic N) is 2. The molecule has 6 nitrogen and oxygen atoms in total. The molecule has 29 heavy (non-hydrogen) atoms. The number of carbonyl (C=O) groups excluding carboxylic acids is 2. The molecule has 1 aliphatic rings. The van der Waals surface area contributed by atoms with Crippen LogP contribution in [0.1, 0.15) is 18.9 Å². The fourth-order valence-electron chi connectivity index (χ4n) is 2.82. The Morgan fingerprint density at radius 1 is 1.24 bits per heavy atom. The SMILES string of the molecule is CCNC(=O)[C@H]1CC(=O)N(Cc2ccc(F)cc2)C(=Nc2ccc(OC)cc2)S1. The maximum Gasteiger partial charge on any atom is 0.234 e. The van der Waals surface area contributed by atoms with Crippen molar-refractivity contribution >= 4 is 34.4 Å². The van der Waals surface area contributed by atoms with E-state index in [0.717, 1.165) is 5.56 Å². The largest absolute Gasteiger partial charge is 0.497 e. The fraction of sp³-hybridized carbons (Fsp3) is 0.286. The van der Waals surface area contributed by atoms with Gasteiger partial charge in [0.25, 0.3) is 0 Å². The lowest BCUT2D eigenvalue weighted by molar-refractivity contribution is -0.130. The summed E-state index contributed by atoms with van der Waals surface area (Å²) >= 11 is 1.26. The standard InChI is InChI=1S/C21H22FN3O3S/c1-3-23-20(27)18-12-19(26)25(13-14-4-6-15(22)7-5-14)21(29-18)24-16-8-10-17(28-2)11-9-16/h4-11,18H,3,12-13H2,1-2H3,(H,23,27)/t18-/m1/s1. The number of amidine groups is 1. The first-order valence-electron chi connectivity index (χ1n) is 9.22. The van der Waals surface area contributed by atoms with Crippen molar-refractivity contribution in [1.82, 2.24) is 10.2 Å². The quantitative estimate of drug-likeness (QED) is 0.784. The molecule has 0 aromatic heterocycles. The first-order chi connectivity index (χ1) is 14.0. The van der Waals surface area contributed by atoms with Gasteiger partial charge in [-0.05, 0) is 48.9 Å². The van der Waals surface area contributed by atoms with E-state index < -0.39 is 5.25 Å². The van der Waals surface area contributed by atoms with Gasteiger partial charge in [0.2, 0.25) is 11.8 Å². The number of methoxy groups -OCH3 is 1. The molecule has 1 aliphatic heterocycles. The molecule has 0 unspecified atom stereocenters. The average molecular weight is 415 g/mol. The molecule has 0 radical (unpaired) electrons. The summed E-state index contributed by atoms with van der Waals surface area (Å²) in [5.41, 5.74) is 1.42. The number of amides is 2. The normalized spacial score (nSPS) is 18.0. The minimum Gasteiger partial charge on any atom is -0.497 e. The van der Waals surface area contributed by atoms with Crippen LogP contribution in [-0.2, 0) is 16.1 Å². The number of rotatable bonds is 6. The van der Waals surface area contributed by atoms with Crippen LogP contribution in [0.25, 0.3) is 0 Å². The lowest BCUT2D eigenvalue weighted by Gasteiger charge is -2.31. The van der Waals surface area contributed by atoms with Crippen LogP contribution in [0.15, 0.2) is 53.5 Å². The molecule has 0 spiro atoms. The number of aliphatic imine (C=N–C) groups is 1. The van der Waals surface area contributed by atoms with E-state index in [9.17, 15) is 14.0 Å². The van der Waals surface area contributed by atoms with Gasteiger partial charge < -0.3 is 10.1 Å². The number of carbonyl (C=O) groups is 2. The second kappa shape index (κ2) is 9.56. The van der Waals surface area contributed by atoms with Gasteiger partial charge in [-0.2, -0.15) is 0 Å². The molecule has 2 amide bonds. The van der Waals surface area contributed by atoms with Crippen molar-refractivity contribution in [2.24, 2.45) is 4.99 Å². The minimum atomic E-state index is -0.538. The Labute approximate surface area is 173 Å². The smallest absolute Gasteiger partial charge is 0.234 e. The lowest BCUT2D eigenvalue weighted by Crippen LogP contribution is -2.46. The van der Waals surface area contributed by atoms with Gasteiger partial charge in [-0.25, -0.2) is 9.38 Å². The Hall–Kier alpha value is -2.87. The monoisotopic (exact) mass is 415 g/mol. The van der Waals surface area contributed by atoms with Gasteiger partial charge in [0, 0.05) is 13.0 Å². The summed E-state index contributed by atoms with van der Waals surface area (Å²) < 4.78 is 18.4. The molecule has 1 atom stereocenters. The number of hydrogen-bond acceptors (Lipinski definition) is 5. The highest BCUT2D eigenvalue weighted by molar-refractivity contribution is 8.15. The molecule has 1 N–H and O–H groups in total. The summed E-state index contributed by atoms with van der Waals surface area (Å²) in [5, 5.41) is 2.66. The highest BCUT2D eigenvalue weighted by atomic mass is 32.2. The molecule has 1 heterocycles. The summed E-state index contributed by atoms with van der Waals surface area (Å²) in [4.78, 5) is 31.3. The summed E-state index contributed by atoms with van der Waals surface area (Å²) in [5.74, 6) is -0.0208. The third kappa shape index (κ3) is 5.35. The van der Waals surface area contributed by atoms with Crippen molar-refractivity contribution in [3.05, 3.63) is 59.9 Å². The zero-order valence-corrected chi connectivity index (χ0v) is 17.0. The molecule has 0 bridgehead atoms. The van der Waals surface area contributed by atoms with Gasteiger partial charge in [0.05, 0.1) is 24.6 Å². The Bertz CT molecular complexity index is 900. The number of thioether (sulfide) groups is 1. The molecule has 152 valence electrons. The highest BCUT2D eigenvalue weighted by Gasteiger charge is 2.35. The number of ether oxygens (including phenoxy) is 1. The lowest BCUT2D eigenvalue weighted by atomic mass is 10.2. The summed E-state index contributed by atoms with van der Waals surface area (Å²) in [6, 6.07) is 13.1. The molecular formula is C21H22FN3O3S. The van der Waals surface area contributed by atoms with Crippen molar-refractivity contribution in [1.29, 1.82) is 0 Å². The van der Waals surface area contributed by atoms with Gasteiger partial charge in [-0.1, -0.05) is 23.9 Å². The van der Waals surface area contributed by atoms with Crippen LogP contribution in [0.4, 0.5) is 10.1 Å². The van der Waals surface area contributed by atoms with Crippen LogP contribution in [0.5, 0.6) is 5.75 Å². The van der Waals surface area contributed by atoms with Gasteiger partial charge in [0.1, 0.15) is 11.6 Å². The van der Waals surface area contributed by atoms with Gasteiger partial charge >= 0.3 is 0 Å². The van der Waals surface area contributed by atoms with Crippen molar-refractivity contribution in [3.8, 4) is 5.75 Å². The van der Waals surface area contributed by atoms with Crippen molar-refractivity contribution < 1.29 is 18.7 Å². The number of nitrogens with one attached hydrogen (secondary N) is 1. The van der Waals surface area contributed by atoms with Crippen molar-refractivity contribution in [3.63, 3.8) is 0 Å².